The smallest absolute Gasteiger partial charge is 0.419 e. The first-order valence-corrected chi connectivity index (χ1v) is 17.7. The lowest BCUT2D eigenvalue weighted by Crippen LogP contribution is -2.30. The molecule has 0 fully saturated rings. The van der Waals surface area contributed by atoms with Gasteiger partial charge in [-0.05, 0) is 83.0 Å². The summed E-state index contributed by atoms with van der Waals surface area (Å²) in [6.07, 6.45) is 0.871. The molecule has 2 heterocycles. The van der Waals surface area contributed by atoms with Crippen LogP contribution in [0.1, 0.15) is 50.2 Å². The third-order valence-electron chi connectivity index (χ3n) is 6.97. The predicted octanol–water partition coefficient (Wildman–Crippen LogP) is 7.56. The molecule has 0 bridgehead atoms. The number of ether oxygens (including phenoxy) is 3. The SMILES string of the molecule is Cc1ccc2nc(C(C)(O)c3c(OC(F)F)cc(C)c4c3ccn4C(=O)OC(C)(C)C)n(COCC[Si](C)(C)C)c2c1. The zero-order chi connectivity index (χ0) is 31.2. The molecule has 0 aliphatic rings. The second-order valence-electron chi connectivity index (χ2n) is 13.1. The van der Waals surface area contributed by atoms with E-state index >= 15 is 0 Å². The van der Waals surface area contributed by atoms with Crippen molar-refractivity contribution >= 4 is 36.1 Å². The van der Waals surface area contributed by atoms with Crippen molar-refractivity contribution in [1.82, 2.24) is 14.1 Å². The number of hydrogen-bond acceptors (Lipinski definition) is 6. The second kappa shape index (κ2) is 11.4. The minimum Gasteiger partial charge on any atom is -0.443 e. The number of alkyl halides is 2. The van der Waals surface area contributed by atoms with Crippen molar-refractivity contribution in [3.8, 4) is 5.75 Å². The summed E-state index contributed by atoms with van der Waals surface area (Å²) in [5.41, 5.74) is 0.617. The van der Waals surface area contributed by atoms with Crippen LogP contribution in [0.4, 0.5) is 13.6 Å². The van der Waals surface area contributed by atoms with Crippen molar-refractivity contribution < 1.29 is 32.9 Å². The lowest BCUT2D eigenvalue weighted by molar-refractivity contribution is -0.0528. The Kier molecular flexibility index (Phi) is 8.61. The number of nitrogens with zero attached hydrogens (tertiary/aromatic N) is 3. The minimum absolute atomic E-state index is 0.0566. The van der Waals surface area contributed by atoms with E-state index in [0.717, 1.165) is 17.1 Å². The van der Waals surface area contributed by atoms with Crippen LogP contribution in [0.5, 0.6) is 5.75 Å². The van der Waals surface area contributed by atoms with E-state index < -0.39 is 32.0 Å². The number of aliphatic hydroxyl groups is 1. The molecule has 2 aromatic heterocycles. The minimum atomic E-state index is -3.14. The van der Waals surface area contributed by atoms with Gasteiger partial charge in [0.25, 0.3) is 0 Å². The van der Waals surface area contributed by atoms with Gasteiger partial charge in [-0.1, -0.05) is 25.7 Å². The fourth-order valence-electron chi connectivity index (χ4n) is 5.04. The summed E-state index contributed by atoms with van der Waals surface area (Å²) in [4.78, 5) is 17.9. The number of aryl methyl sites for hydroxylation is 2. The van der Waals surface area contributed by atoms with Gasteiger partial charge in [0, 0.05) is 31.8 Å². The summed E-state index contributed by atoms with van der Waals surface area (Å²) in [5, 5.41) is 12.7. The van der Waals surface area contributed by atoms with Crippen LogP contribution >= 0.6 is 0 Å². The van der Waals surface area contributed by atoms with Gasteiger partial charge in [-0.15, -0.1) is 0 Å². The molecule has 0 saturated heterocycles. The zero-order valence-electron chi connectivity index (χ0n) is 25.8. The van der Waals surface area contributed by atoms with Gasteiger partial charge in [0.1, 0.15) is 29.5 Å². The van der Waals surface area contributed by atoms with Gasteiger partial charge in [-0.3, -0.25) is 4.57 Å². The molecule has 42 heavy (non-hydrogen) atoms. The van der Waals surface area contributed by atoms with Crippen LogP contribution < -0.4 is 4.74 Å². The molecule has 1 atom stereocenters. The largest absolute Gasteiger partial charge is 0.443 e. The Labute approximate surface area is 246 Å². The molecule has 0 spiro atoms. The maximum absolute atomic E-state index is 13.7. The number of halogens is 2. The Morgan fingerprint density at radius 1 is 1.10 bits per heavy atom. The summed E-state index contributed by atoms with van der Waals surface area (Å²) in [7, 11) is -1.35. The topological polar surface area (TPSA) is 87.7 Å². The van der Waals surface area contributed by atoms with E-state index in [1.807, 2.05) is 25.1 Å². The van der Waals surface area contributed by atoms with E-state index in [-0.39, 0.29) is 23.9 Å². The molecule has 8 nitrogen and oxygen atoms in total. The zero-order valence-corrected chi connectivity index (χ0v) is 26.8. The summed E-state index contributed by atoms with van der Waals surface area (Å²) in [6.45, 7) is 14.7. The molecule has 1 unspecified atom stereocenters. The molecule has 0 amide bonds. The molecule has 11 heteroatoms. The molecule has 2 aromatic carbocycles. The number of carbonyl (C=O) groups is 1. The Morgan fingerprint density at radius 3 is 2.40 bits per heavy atom. The van der Waals surface area contributed by atoms with Crippen LogP contribution in [0.3, 0.4) is 0 Å². The van der Waals surface area contributed by atoms with Crippen molar-refractivity contribution in [2.75, 3.05) is 6.61 Å². The lowest BCUT2D eigenvalue weighted by Gasteiger charge is -2.28. The fourth-order valence-corrected chi connectivity index (χ4v) is 5.80. The standard InChI is InChI=1S/C31H41F2N3O5Si/c1-19-10-11-22-23(16-19)36(18-39-14-15-42(7,8)9)27(34-22)31(6,38)25-21-12-13-35(29(37)41-30(3,4)5)26(21)20(2)17-24(25)40-28(32)33/h10-13,16-17,28,38H,14-15,18H2,1-9H3. The number of fused-ring (bicyclic) bond motifs is 2. The molecule has 0 radical (unpaired) electrons. The van der Waals surface area contributed by atoms with Gasteiger partial charge in [0.2, 0.25) is 0 Å². The lowest BCUT2D eigenvalue weighted by atomic mass is 9.89. The third-order valence-corrected chi connectivity index (χ3v) is 8.68. The normalized spacial score (nSPS) is 14.1. The van der Waals surface area contributed by atoms with Crippen LogP contribution in [-0.4, -0.2) is 52.2 Å². The van der Waals surface area contributed by atoms with E-state index in [9.17, 15) is 18.7 Å². The first-order chi connectivity index (χ1) is 19.4. The summed E-state index contributed by atoms with van der Waals surface area (Å²) < 4.78 is 47.2. The third kappa shape index (κ3) is 6.68. The first kappa shape index (κ1) is 31.6. The van der Waals surface area contributed by atoms with E-state index in [1.54, 1.807) is 38.3 Å². The Hall–Kier alpha value is -3.28. The number of hydrogen-bond donors (Lipinski definition) is 1. The van der Waals surface area contributed by atoms with Gasteiger partial charge >= 0.3 is 12.7 Å². The Bertz CT molecular complexity index is 1610. The average Bonchev–Trinajstić information content (AvgIpc) is 3.42. The van der Waals surface area contributed by atoms with Crippen molar-refractivity contribution in [2.45, 2.75) is 91.8 Å². The molecule has 1 N–H and O–H groups in total. The maximum atomic E-state index is 13.7. The van der Waals surface area contributed by atoms with Crippen LogP contribution in [0.15, 0.2) is 36.5 Å². The van der Waals surface area contributed by atoms with E-state index in [0.29, 0.717) is 28.6 Å². The molecule has 228 valence electrons. The van der Waals surface area contributed by atoms with Gasteiger partial charge in [-0.2, -0.15) is 8.78 Å². The molecule has 0 aliphatic heterocycles. The molecular formula is C31H41F2N3O5Si. The summed E-state index contributed by atoms with van der Waals surface area (Å²) in [5.74, 6) is -0.0123. The van der Waals surface area contributed by atoms with Crippen LogP contribution in [-0.2, 0) is 21.8 Å². The van der Waals surface area contributed by atoms with Gasteiger partial charge in [0.05, 0.1) is 16.6 Å². The Balaban J connectivity index is 1.93. The van der Waals surface area contributed by atoms with E-state index in [2.05, 4.69) is 19.6 Å². The number of carbonyl (C=O) groups excluding carboxylic acids is 1. The highest BCUT2D eigenvalue weighted by atomic mass is 28.3. The molecule has 4 rings (SSSR count). The highest BCUT2D eigenvalue weighted by Crippen LogP contribution is 2.43. The number of imidazole rings is 1. The highest BCUT2D eigenvalue weighted by Gasteiger charge is 2.38. The van der Waals surface area contributed by atoms with Crippen LogP contribution in [0.25, 0.3) is 21.9 Å². The van der Waals surface area contributed by atoms with Crippen molar-refractivity contribution in [3.63, 3.8) is 0 Å². The molecule has 0 saturated carbocycles. The number of aromatic nitrogens is 3. The number of benzene rings is 2. The van der Waals surface area contributed by atoms with Crippen LogP contribution in [0, 0.1) is 13.8 Å². The molecular weight excluding hydrogens is 560 g/mol. The van der Waals surface area contributed by atoms with E-state index in [1.165, 1.54) is 23.8 Å². The predicted molar refractivity (Wildman–Crippen MR) is 162 cm³/mol. The molecule has 0 aliphatic carbocycles. The first-order valence-electron chi connectivity index (χ1n) is 14.0. The fraction of sp³-hybridized carbons (Fsp3) is 0.484. The monoisotopic (exact) mass is 601 g/mol. The van der Waals surface area contributed by atoms with Gasteiger partial charge in [0.15, 0.2) is 0 Å². The quantitative estimate of drug-likeness (QED) is 0.157. The van der Waals surface area contributed by atoms with Crippen molar-refractivity contribution in [1.29, 1.82) is 0 Å². The van der Waals surface area contributed by atoms with Crippen LogP contribution in [0.2, 0.25) is 25.7 Å². The molecule has 4 aromatic rings. The summed E-state index contributed by atoms with van der Waals surface area (Å²) in [6, 6.07) is 9.66. The van der Waals surface area contributed by atoms with E-state index in [4.69, 9.17) is 19.2 Å². The number of rotatable bonds is 9. The second-order valence-corrected chi connectivity index (χ2v) is 18.8. The van der Waals surface area contributed by atoms with Gasteiger partial charge in [-0.25, -0.2) is 9.78 Å². The summed E-state index contributed by atoms with van der Waals surface area (Å²) >= 11 is 0. The highest BCUT2D eigenvalue weighted by molar-refractivity contribution is 6.76. The van der Waals surface area contributed by atoms with Crippen molar-refractivity contribution in [3.05, 3.63) is 59.0 Å². The van der Waals surface area contributed by atoms with Gasteiger partial charge < -0.3 is 23.9 Å². The van der Waals surface area contributed by atoms with Crippen molar-refractivity contribution in [2.24, 2.45) is 0 Å². The maximum Gasteiger partial charge on any atom is 0.419 e. The average molecular weight is 602 g/mol. The Morgan fingerprint density at radius 2 is 1.79 bits per heavy atom.